The third kappa shape index (κ3) is 3.92. The Hall–Kier alpha value is -3.23. The number of aromatic nitrogens is 5. The molecule has 2 aromatic heterocycles. The second-order valence-electron chi connectivity index (χ2n) is 7.39. The van der Waals surface area contributed by atoms with Crippen molar-refractivity contribution in [3.8, 4) is 5.69 Å². The summed E-state index contributed by atoms with van der Waals surface area (Å²) in [4.78, 5) is 25.0. The number of nitrogens with one attached hydrogen (secondary N) is 1. The molecule has 3 aromatic rings. The lowest BCUT2D eigenvalue weighted by molar-refractivity contribution is 0.0951. The van der Waals surface area contributed by atoms with Crippen molar-refractivity contribution in [1.82, 2.24) is 29.4 Å². The molecule has 0 atom stereocenters. The molecule has 0 saturated heterocycles. The van der Waals surface area contributed by atoms with E-state index in [-0.39, 0.29) is 17.4 Å². The quantitative estimate of drug-likeness (QED) is 0.602. The van der Waals surface area contributed by atoms with Crippen LogP contribution in [0.5, 0.6) is 0 Å². The van der Waals surface area contributed by atoms with Gasteiger partial charge < -0.3 is 5.32 Å². The standard InChI is InChI=1S/C21H25FN6O2/c1-2-18-17(14-24-28(18)16-9-7-15(22)8-10-16)20(29)23-11-5-13-27-21(30)26-12-4-3-6-19(26)25-27/h7-10,14H,2-6,11-13H2,1H3,(H,23,29). The lowest BCUT2D eigenvalue weighted by atomic mass is 10.2. The average molecular weight is 412 g/mol. The van der Waals surface area contributed by atoms with Gasteiger partial charge in [-0.15, -0.1) is 0 Å². The third-order valence-corrected chi connectivity index (χ3v) is 5.38. The van der Waals surface area contributed by atoms with E-state index >= 15 is 0 Å². The Bertz CT molecular complexity index is 1100. The zero-order chi connectivity index (χ0) is 21.1. The second kappa shape index (κ2) is 8.64. The molecule has 0 fully saturated rings. The van der Waals surface area contributed by atoms with Gasteiger partial charge in [-0.3, -0.25) is 9.36 Å². The van der Waals surface area contributed by atoms with Gasteiger partial charge in [-0.1, -0.05) is 6.92 Å². The van der Waals surface area contributed by atoms with Gasteiger partial charge in [0.25, 0.3) is 5.91 Å². The van der Waals surface area contributed by atoms with E-state index in [4.69, 9.17) is 0 Å². The Labute approximate surface area is 173 Å². The van der Waals surface area contributed by atoms with Crippen LogP contribution in [-0.2, 0) is 25.9 Å². The smallest absolute Gasteiger partial charge is 0.345 e. The van der Waals surface area contributed by atoms with Crippen molar-refractivity contribution in [3.05, 3.63) is 63.8 Å². The molecule has 30 heavy (non-hydrogen) atoms. The molecular formula is C21H25FN6O2. The Kier molecular flexibility index (Phi) is 5.78. The Morgan fingerprint density at radius 3 is 2.77 bits per heavy atom. The molecular weight excluding hydrogens is 387 g/mol. The summed E-state index contributed by atoms with van der Waals surface area (Å²) < 4.78 is 18.1. The van der Waals surface area contributed by atoms with Crippen molar-refractivity contribution >= 4 is 5.91 Å². The van der Waals surface area contributed by atoms with Gasteiger partial charge in [0.1, 0.15) is 11.6 Å². The minimum absolute atomic E-state index is 0.0649. The van der Waals surface area contributed by atoms with E-state index in [2.05, 4.69) is 15.5 Å². The van der Waals surface area contributed by atoms with E-state index in [1.807, 2.05) is 6.92 Å². The van der Waals surface area contributed by atoms with E-state index in [0.29, 0.717) is 37.2 Å². The predicted molar refractivity (Wildman–Crippen MR) is 109 cm³/mol. The Balaban J connectivity index is 1.37. The molecule has 0 aliphatic carbocycles. The highest BCUT2D eigenvalue weighted by Crippen LogP contribution is 2.16. The molecule has 1 aromatic carbocycles. The number of carbonyl (C=O) groups is 1. The van der Waals surface area contributed by atoms with Crippen molar-refractivity contribution in [2.45, 2.75) is 52.1 Å². The molecule has 1 aliphatic heterocycles. The third-order valence-electron chi connectivity index (χ3n) is 5.38. The van der Waals surface area contributed by atoms with Crippen LogP contribution >= 0.6 is 0 Å². The van der Waals surface area contributed by atoms with Gasteiger partial charge in [0.2, 0.25) is 0 Å². The van der Waals surface area contributed by atoms with Crippen LogP contribution in [0.25, 0.3) is 5.69 Å². The number of halogens is 1. The largest absolute Gasteiger partial charge is 0.352 e. The molecule has 3 heterocycles. The number of carbonyl (C=O) groups excluding carboxylic acids is 1. The number of amides is 1. The van der Waals surface area contributed by atoms with E-state index in [9.17, 15) is 14.0 Å². The van der Waals surface area contributed by atoms with E-state index < -0.39 is 0 Å². The van der Waals surface area contributed by atoms with Crippen LogP contribution in [0, 0.1) is 5.82 Å². The number of rotatable bonds is 7. The summed E-state index contributed by atoms with van der Waals surface area (Å²) in [5.74, 6) is 0.326. The maximum absolute atomic E-state index is 13.2. The SMILES string of the molecule is CCc1c(C(=O)NCCCn2nc3n(c2=O)CCCC3)cnn1-c1ccc(F)cc1. The molecule has 8 nitrogen and oxygen atoms in total. The lowest BCUT2D eigenvalue weighted by Gasteiger charge is -2.09. The summed E-state index contributed by atoms with van der Waals surface area (Å²) in [6, 6.07) is 5.99. The van der Waals surface area contributed by atoms with Crippen molar-refractivity contribution in [2.24, 2.45) is 0 Å². The highest BCUT2D eigenvalue weighted by molar-refractivity contribution is 5.95. The summed E-state index contributed by atoms with van der Waals surface area (Å²) in [5, 5.41) is 11.6. The summed E-state index contributed by atoms with van der Waals surface area (Å²) >= 11 is 0. The van der Waals surface area contributed by atoms with Gasteiger partial charge in [-0.2, -0.15) is 10.2 Å². The molecule has 0 bridgehead atoms. The van der Waals surface area contributed by atoms with Gasteiger partial charge in [0.05, 0.1) is 23.1 Å². The second-order valence-corrected chi connectivity index (χ2v) is 7.39. The van der Waals surface area contributed by atoms with Crippen LogP contribution in [0.1, 0.15) is 48.1 Å². The highest BCUT2D eigenvalue weighted by Gasteiger charge is 2.18. The Morgan fingerprint density at radius 2 is 2.03 bits per heavy atom. The van der Waals surface area contributed by atoms with Gasteiger partial charge >= 0.3 is 5.69 Å². The average Bonchev–Trinajstić information content (AvgIpc) is 3.33. The monoisotopic (exact) mass is 412 g/mol. The fourth-order valence-corrected chi connectivity index (χ4v) is 3.83. The van der Waals surface area contributed by atoms with Gasteiger partial charge in [0.15, 0.2) is 0 Å². The van der Waals surface area contributed by atoms with Crippen molar-refractivity contribution < 1.29 is 9.18 Å². The molecule has 1 aliphatic rings. The zero-order valence-electron chi connectivity index (χ0n) is 17.0. The summed E-state index contributed by atoms with van der Waals surface area (Å²) in [6.45, 7) is 3.58. The minimum atomic E-state index is -0.320. The molecule has 0 radical (unpaired) electrons. The molecule has 0 saturated carbocycles. The number of aryl methyl sites for hydroxylation is 2. The first-order valence-electron chi connectivity index (χ1n) is 10.4. The van der Waals surface area contributed by atoms with Crippen molar-refractivity contribution in [2.75, 3.05) is 6.54 Å². The zero-order valence-corrected chi connectivity index (χ0v) is 17.0. The van der Waals surface area contributed by atoms with Crippen LogP contribution in [0.4, 0.5) is 4.39 Å². The predicted octanol–water partition coefficient (Wildman–Crippen LogP) is 2.09. The lowest BCUT2D eigenvalue weighted by Crippen LogP contribution is -2.29. The van der Waals surface area contributed by atoms with E-state index in [1.165, 1.54) is 23.0 Å². The number of benzene rings is 1. The van der Waals surface area contributed by atoms with Crippen molar-refractivity contribution in [3.63, 3.8) is 0 Å². The number of hydrogen-bond donors (Lipinski definition) is 1. The van der Waals surface area contributed by atoms with Gasteiger partial charge in [-0.25, -0.2) is 18.5 Å². The van der Waals surface area contributed by atoms with Crippen LogP contribution < -0.4 is 11.0 Å². The normalized spacial score (nSPS) is 13.3. The summed E-state index contributed by atoms with van der Waals surface area (Å²) in [7, 11) is 0. The van der Waals surface area contributed by atoms with Crippen LogP contribution in [0.15, 0.2) is 35.3 Å². The van der Waals surface area contributed by atoms with Crippen LogP contribution in [0.3, 0.4) is 0 Å². The first-order valence-corrected chi connectivity index (χ1v) is 10.4. The molecule has 0 spiro atoms. The highest BCUT2D eigenvalue weighted by atomic mass is 19.1. The van der Waals surface area contributed by atoms with Crippen molar-refractivity contribution in [1.29, 1.82) is 0 Å². The number of fused-ring (bicyclic) bond motifs is 1. The van der Waals surface area contributed by atoms with E-state index in [1.54, 1.807) is 21.4 Å². The van der Waals surface area contributed by atoms with Crippen LogP contribution in [0.2, 0.25) is 0 Å². The summed E-state index contributed by atoms with van der Waals surface area (Å²) in [6.07, 6.45) is 5.67. The van der Waals surface area contributed by atoms with Gasteiger partial charge in [0, 0.05) is 26.1 Å². The topological polar surface area (TPSA) is 86.7 Å². The number of hydrogen-bond acceptors (Lipinski definition) is 4. The van der Waals surface area contributed by atoms with Crippen LogP contribution in [-0.4, -0.2) is 36.6 Å². The molecule has 1 N–H and O–H groups in total. The molecule has 0 unspecified atom stereocenters. The van der Waals surface area contributed by atoms with Gasteiger partial charge in [-0.05, 0) is 49.9 Å². The fraction of sp³-hybridized carbons (Fsp3) is 0.429. The minimum Gasteiger partial charge on any atom is -0.352 e. The maximum Gasteiger partial charge on any atom is 0.345 e. The fourth-order valence-electron chi connectivity index (χ4n) is 3.83. The van der Waals surface area contributed by atoms with E-state index in [0.717, 1.165) is 37.3 Å². The molecule has 9 heteroatoms. The Morgan fingerprint density at radius 1 is 1.23 bits per heavy atom. The number of nitrogens with zero attached hydrogens (tertiary/aromatic N) is 5. The molecule has 4 rings (SSSR count). The molecule has 1 amide bonds. The first kappa shape index (κ1) is 20.1. The maximum atomic E-state index is 13.2. The summed E-state index contributed by atoms with van der Waals surface area (Å²) in [5.41, 5.74) is 1.90. The first-order chi connectivity index (χ1) is 14.6. The molecule has 158 valence electrons.